The van der Waals surface area contributed by atoms with Crippen LogP contribution in [0.4, 0.5) is 5.82 Å². The van der Waals surface area contributed by atoms with E-state index in [-0.39, 0.29) is 0 Å². The van der Waals surface area contributed by atoms with Crippen molar-refractivity contribution in [3.63, 3.8) is 0 Å². The number of rotatable bonds is 2. The Morgan fingerprint density at radius 3 is 2.67 bits per heavy atom. The molecular formula is C17H23N3S. The van der Waals surface area contributed by atoms with E-state index >= 15 is 0 Å². The van der Waals surface area contributed by atoms with Crippen molar-refractivity contribution in [3.05, 3.63) is 16.8 Å². The molecular weight excluding hydrogens is 278 g/mol. The quantitative estimate of drug-likeness (QED) is 0.817. The first-order valence-electron chi connectivity index (χ1n) is 8.43. The first-order valence-corrected chi connectivity index (χ1v) is 9.25. The monoisotopic (exact) mass is 301 g/mol. The van der Waals surface area contributed by atoms with Gasteiger partial charge in [-0.2, -0.15) is 0 Å². The van der Waals surface area contributed by atoms with E-state index in [0.717, 1.165) is 5.82 Å². The van der Waals surface area contributed by atoms with E-state index in [4.69, 9.17) is 0 Å². The Kier molecular flexibility index (Phi) is 3.80. The minimum Gasteiger partial charge on any atom is -0.367 e. The third-order valence-corrected chi connectivity index (χ3v) is 6.15. The van der Waals surface area contributed by atoms with Gasteiger partial charge in [0.25, 0.3) is 0 Å². The number of hydrogen-bond acceptors (Lipinski definition) is 4. The molecule has 4 heteroatoms. The Hall–Kier alpha value is -1.16. The Labute approximate surface area is 130 Å². The van der Waals surface area contributed by atoms with Gasteiger partial charge in [-0.05, 0) is 44.1 Å². The standard InChI is InChI=1S/C17H23N3S/c1-3-7-12(8-4-1)20-16-15-13-9-5-2-6-10-14(13)21-17(15)19-11-18-16/h11-12H,1-10H2,(H,18,19,20). The second-order valence-electron chi connectivity index (χ2n) is 6.45. The van der Waals surface area contributed by atoms with Crippen molar-refractivity contribution in [3.8, 4) is 0 Å². The van der Waals surface area contributed by atoms with Crippen molar-refractivity contribution in [2.24, 2.45) is 0 Å². The summed E-state index contributed by atoms with van der Waals surface area (Å²) < 4.78 is 0. The molecule has 0 amide bonds. The zero-order chi connectivity index (χ0) is 14.1. The molecule has 1 N–H and O–H groups in total. The second kappa shape index (κ2) is 5.91. The van der Waals surface area contributed by atoms with E-state index in [9.17, 15) is 0 Å². The normalized spacial score (nSPS) is 20.2. The highest BCUT2D eigenvalue weighted by Gasteiger charge is 2.21. The van der Waals surface area contributed by atoms with Crippen molar-refractivity contribution in [2.45, 2.75) is 70.3 Å². The molecule has 0 aliphatic heterocycles. The molecule has 2 aromatic heterocycles. The lowest BCUT2D eigenvalue weighted by Crippen LogP contribution is -2.23. The molecule has 2 aromatic rings. The molecule has 0 spiro atoms. The van der Waals surface area contributed by atoms with Crippen LogP contribution in [0.25, 0.3) is 10.2 Å². The predicted octanol–water partition coefficient (Wildman–Crippen LogP) is 4.70. The number of fused-ring (bicyclic) bond motifs is 3. The molecule has 0 unspecified atom stereocenters. The van der Waals surface area contributed by atoms with E-state index in [1.807, 2.05) is 11.3 Å². The lowest BCUT2D eigenvalue weighted by atomic mass is 9.95. The SMILES string of the molecule is c1nc(NC2CCCCC2)c2c3c(sc2n1)CCCCC3. The van der Waals surface area contributed by atoms with Crippen LogP contribution >= 0.6 is 11.3 Å². The zero-order valence-electron chi connectivity index (χ0n) is 12.5. The number of nitrogens with zero attached hydrogens (tertiary/aromatic N) is 2. The van der Waals surface area contributed by atoms with Gasteiger partial charge in [0.15, 0.2) is 0 Å². The zero-order valence-corrected chi connectivity index (χ0v) is 13.3. The molecule has 2 aliphatic rings. The minimum atomic E-state index is 0.609. The van der Waals surface area contributed by atoms with Gasteiger partial charge in [-0.25, -0.2) is 9.97 Å². The molecule has 2 aliphatic carbocycles. The Bertz CT molecular complexity index is 628. The summed E-state index contributed by atoms with van der Waals surface area (Å²) >= 11 is 1.90. The summed E-state index contributed by atoms with van der Waals surface area (Å²) in [7, 11) is 0. The number of anilines is 1. The highest BCUT2D eigenvalue weighted by Crippen LogP contribution is 2.38. The summed E-state index contributed by atoms with van der Waals surface area (Å²) in [6, 6.07) is 0.609. The third-order valence-electron chi connectivity index (χ3n) is 4.95. The van der Waals surface area contributed by atoms with Crippen molar-refractivity contribution in [1.29, 1.82) is 0 Å². The molecule has 0 radical (unpaired) electrons. The molecule has 3 nitrogen and oxygen atoms in total. The predicted molar refractivity (Wildman–Crippen MR) is 89.2 cm³/mol. The summed E-state index contributed by atoms with van der Waals surface area (Å²) in [5, 5.41) is 5.07. The molecule has 21 heavy (non-hydrogen) atoms. The maximum Gasteiger partial charge on any atom is 0.138 e. The van der Waals surface area contributed by atoms with E-state index < -0.39 is 0 Å². The topological polar surface area (TPSA) is 37.8 Å². The van der Waals surface area contributed by atoms with Gasteiger partial charge < -0.3 is 5.32 Å². The highest BCUT2D eigenvalue weighted by molar-refractivity contribution is 7.18. The van der Waals surface area contributed by atoms with Crippen LogP contribution in [-0.2, 0) is 12.8 Å². The Balaban J connectivity index is 1.72. The summed E-state index contributed by atoms with van der Waals surface area (Å²) in [5.74, 6) is 1.10. The van der Waals surface area contributed by atoms with Crippen molar-refractivity contribution in [1.82, 2.24) is 9.97 Å². The van der Waals surface area contributed by atoms with Crippen LogP contribution in [0.2, 0.25) is 0 Å². The smallest absolute Gasteiger partial charge is 0.138 e. The third kappa shape index (κ3) is 2.66. The number of aromatic nitrogens is 2. The average molecular weight is 301 g/mol. The molecule has 112 valence electrons. The molecule has 4 rings (SSSR count). The van der Waals surface area contributed by atoms with Gasteiger partial charge in [-0.3, -0.25) is 0 Å². The van der Waals surface area contributed by atoms with Crippen LogP contribution in [0.3, 0.4) is 0 Å². The lowest BCUT2D eigenvalue weighted by molar-refractivity contribution is 0.462. The van der Waals surface area contributed by atoms with Crippen LogP contribution in [-0.4, -0.2) is 16.0 Å². The van der Waals surface area contributed by atoms with Crippen molar-refractivity contribution in [2.75, 3.05) is 5.32 Å². The summed E-state index contributed by atoms with van der Waals surface area (Å²) in [6.07, 6.45) is 14.9. The molecule has 1 fully saturated rings. The molecule has 0 atom stereocenters. The maximum absolute atomic E-state index is 4.60. The summed E-state index contributed by atoms with van der Waals surface area (Å²) in [4.78, 5) is 11.9. The van der Waals surface area contributed by atoms with Crippen molar-refractivity contribution < 1.29 is 0 Å². The van der Waals surface area contributed by atoms with E-state index in [2.05, 4.69) is 15.3 Å². The van der Waals surface area contributed by atoms with Crippen molar-refractivity contribution >= 4 is 27.4 Å². The Morgan fingerprint density at radius 2 is 1.76 bits per heavy atom. The number of hydrogen-bond donors (Lipinski definition) is 1. The lowest BCUT2D eigenvalue weighted by Gasteiger charge is -2.23. The van der Waals surface area contributed by atoms with Gasteiger partial charge in [0, 0.05) is 10.9 Å². The molecule has 0 aromatic carbocycles. The molecule has 1 saturated carbocycles. The van der Waals surface area contributed by atoms with E-state index in [1.165, 1.54) is 74.4 Å². The molecule has 2 heterocycles. The summed E-state index contributed by atoms with van der Waals surface area (Å²) in [5.41, 5.74) is 1.55. The second-order valence-corrected chi connectivity index (χ2v) is 7.53. The minimum absolute atomic E-state index is 0.609. The fourth-order valence-corrected chi connectivity index (χ4v) is 5.05. The number of aryl methyl sites for hydroxylation is 2. The Morgan fingerprint density at radius 1 is 0.952 bits per heavy atom. The fraction of sp³-hybridized carbons (Fsp3) is 0.647. The summed E-state index contributed by atoms with van der Waals surface area (Å²) in [6.45, 7) is 0. The van der Waals surface area contributed by atoms with Crippen LogP contribution in [0, 0.1) is 0 Å². The van der Waals surface area contributed by atoms with Crippen LogP contribution in [0.5, 0.6) is 0 Å². The van der Waals surface area contributed by atoms with Gasteiger partial charge in [0.05, 0.1) is 5.39 Å². The van der Waals surface area contributed by atoms with E-state index in [1.54, 1.807) is 16.8 Å². The molecule has 0 saturated heterocycles. The maximum atomic E-state index is 4.60. The van der Waals surface area contributed by atoms with Gasteiger partial charge in [-0.15, -0.1) is 11.3 Å². The largest absolute Gasteiger partial charge is 0.367 e. The number of thiophene rings is 1. The van der Waals surface area contributed by atoms with Crippen LogP contribution in [0.1, 0.15) is 61.8 Å². The van der Waals surface area contributed by atoms with Gasteiger partial charge in [0.2, 0.25) is 0 Å². The number of nitrogens with one attached hydrogen (secondary N) is 1. The first kappa shape index (κ1) is 13.5. The van der Waals surface area contributed by atoms with Gasteiger partial charge in [0.1, 0.15) is 17.0 Å². The van der Waals surface area contributed by atoms with E-state index in [0.29, 0.717) is 6.04 Å². The first-order chi connectivity index (χ1) is 10.4. The molecule has 0 bridgehead atoms. The van der Waals surface area contributed by atoms with Crippen LogP contribution in [0.15, 0.2) is 6.33 Å². The van der Waals surface area contributed by atoms with Gasteiger partial charge >= 0.3 is 0 Å². The van der Waals surface area contributed by atoms with Crippen LogP contribution < -0.4 is 5.32 Å². The fourth-order valence-electron chi connectivity index (χ4n) is 3.82. The average Bonchev–Trinajstić information content (AvgIpc) is 2.72. The highest BCUT2D eigenvalue weighted by atomic mass is 32.1. The van der Waals surface area contributed by atoms with Gasteiger partial charge in [-0.1, -0.05) is 25.7 Å².